The van der Waals surface area contributed by atoms with Gasteiger partial charge in [-0.2, -0.15) is 0 Å². The number of hydrogen-bond acceptors (Lipinski definition) is 6. The third kappa shape index (κ3) is 4.13. The quantitative estimate of drug-likeness (QED) is 0.200. The molecule has 4 rings (SSSR count). The lowest BCUT2D eigenvalue weighted by Crippen LogP contribution is -2.38. The van der Waals surface area contributed by atoms with Crippen molar-refractivity contribution >= 4 is 33.3 Å². The van der Waals surface area contributed by atoms with Gasteiger partial charge in [-0.25, -0.2) is 4.98 Å². The molecule has 0 aliphatic carbocycles. The number of nitroso groups, excluding NO2 is 1. The molecule has 1 unspecified atom stereocenters. The minimum atomic E-state index is -1.33. The Balaban J connectivity index is 1.90. The maximum Gasteiger partial charge on any atom is 0.256 e. The largest absolute Gasteiger partial charge is 0.344 e. The van der Waals surface area contributed by atoms with Crippen molar-refractivity contribution in [2.75, 3.05) is 5.32 Å². The van der Waals surface area contributed by atoms with E-state index in [4.69, 9.17) is 11.6 Å². The van der Waals surface area contributed by atoms with Crippen LogP contribution in [0, 0.1) is 4.91 Å². The van der Waals surface area contributed by atoms with E-state index in [0.29, 0.717) is 5.13 Å². The average molecular weight is 448 g/mol. The molecule has 0 spiro atoms. The fraction of sp³-hybridized carbons (Fsp3) is 0.0833. The number of carbonyl (C=O) groups is 1. The van der Waals surface area contributed by atoms with E-state index in [0.717, 1.165) is 16.7 Å². The first-order valence-corrected chi connectivity index (χ1v) is 10.8. The molecule has 31 heavy (non-hydrogen) atoms. The Morgan fingerprint density at radius 3 is 1.71 bits per heavy atom. The van der Waals surface area contributed by atoms with Gasteiger partial charge in [-0.3, -0.25) is 4.79 Å². The molecule has 7 heteroatoms. The van der Waals surface area contributed by atoms with E-state index in [1.165, 1.54) is 11.3 Å². The molecule has 0 fully saturated rings. The Morgan fingerprint density at radius 2 is 1.32 bits per heavy atom. The van der Waals surface area contributed by atoms with Gasteiger partial charge < -0.3 is 5.32 Å². The van der Waals surface area contributed by atoms with Crippen molar-refractivity contribution in [3.8, 4) is 0 Å². The van der Waals surface area contributed by atoms with Gasteiger partial charge in [0.1, 0.15) is 5.54 Å². The predicted octanol–water partition coefficient (Wildman–Crippen LogP) is 6.12. The van der Waals surface area contributed by atoms with Gasteiger partial charge in [0.15, 0.2) is 5.13 Å². The number of carbonyl (C=O) groups excluding carboxylic acids is 1. The number of rotatable bonds is 8. The lowest BCUT2D eigenvalue weighted by molar-refractivity contribution is -0.112. The van der Waals surface area contributed by atoms with Crippen LogP contribution < -0.4 is 5.32 Å². The SMILES string of the molecule is O=NC(C(=O)Cl)c1csc(NC(c2ccccc2)(c2ccccc2)c2ccccc2)n1. The minimum absolute atomic E-state index is 0.227. The van der Waals surface area contributed by atoms with Crippen molar-refractivity contribution in [2.45, 2.75) is 11.6 Å². The first-order valence-electron chi connectivity index (χ1n) is 9.57. The van der Waals surface area contributed by atoms with Crippen LogP contribution in [-0.2, 0) is 10.3 Å². The smallest absolute Gasteiger partial charge is 0.256 e. The standard InChI is InChI=1S/C24H18ClN3O2S/c25-22(29)21(28-30)20-16-31-23(26-20)27-24(17-10-4-1-5-11-17,18-12-6-2-7-13-18)19-14-8-3-9-15-19/h1-16,21H,(H,26,27). The van der Waals surface area contributed by atoms with Crippen molar-refractivity contribution < 1.29 is 4.79 Å². The Kier molecular flexibility index (Phi) is 6.21. The second kappa shape index (κ2) is 9.20. The summed E-state index contributed by atoms with van der Waals surface area (Å²) in [5.74, 6) is 0. The predicted molar refractivity (Wildman–Crippen MR) is 124 cm³/mol. The first-order chi connectivity index (χ1) is 15.1. The fourth-order valence-corrected chi connectivity index (χ4v) is 4.56. The zero-order chi connectivity index (χ0) is 21.7. The van der Waals surface area contributed by atoms with Gasteiger partial charge in [0.25, 0.3) is 5.24 Å². The molecule has 0 saturated carbocycles. The molecular formula is C24H18ClN3O2S. The number of halogens is 1. The van der Waals surface area contributed by atoms with Crippen LogP contribution in [0.3, 0.4) is 0 Å². The van der Waals surface area contributed by atoms with Gasteiger partial charge in [0.2, 0.25) is 6.04 Å². The van der Waals surface area contributed by atoms with Crippen LogP contribution in [0.4, 0.5) is 5.13 Å². The summed E-state index contributed by atoms with van der Waals surface area (Å²) in [6.45, 7) is 0. The number of anilines is 1. The van der Waals surface area contributed by atoms with Crippen molar-refractivity contribution in [1.82, 2.24) is 4.98 Å². The molecule has 3 aromatic carbocycles. The molecule has 5 nitrogen and oxygen atoms in total. The molecule has 0 amide bonds. The average Bonchev–Trinajstić information content (AvgIpc) is 3.27. The lowest BCUT2D eigenvalue weighted by Gasteiger charge is -2.36. The van der Waals surface area contributed by atoms with E-state index >= 15 is 0 Å². The molecule has 0 aliphatic rings. The maximum absolute atomic E-state index is 11.6. The van der Waals surface area contributed by atoms with Gasteiger partial charge >= 0.3 is 0 Å². The Morgan fingerprint density at radius 1 is 0.871 bits per heavy atom. The van der Waals surface area contributed by atoms with Gasteiger partial charge in [0, 0.05) is 5.38 Å². The van der Waals surface area contributed by atoms with Gasteiger partial charge in [0.05, 0.1) is 5.69 Å². The van der Waals surface area contributed by atoms with E-state index in [1.54, 1.807) is 5.38 Å². The normalized spacial score (nSPS) is 12.2. The van der Waals surface area contributed by atoms with Crippen LogP contribution in [0.1, 0.15) is 28.4 Å². The highest BCUT2D eigenvalue weighted by Gasteiger charge is 2.37. The van der Waals surface area contributed by atoms with E-state index in [2.05, 4.69) is 51.9 Å². The van der Waals surface area contributed by atoms with E-state index in [-0.39, 0.29) is 5.69 Å². The van der Waals surface area contributed by atoms with Crippen LogP contribution in [0.15, 0.2) is 102 Å². The van der Waals surface area contributed by atoms with Crippen molar-refractivity contribution in [2.24, 2.45) is 5.18 Å². The molecule has 1 heterocycles. The molecule has 4 aromatic rings. The van der Waals surface area contributed by atoms with Crippen LogP contribution in [0.25, 0.3) is 0 Å². The second-order valence-corrected chi connectivity index (χ2v) is 8.09. The van der Waals surface area contributed by atoms with Crippen LogP contribution >= 0.6 is 22.9 Å². The number of thiazole rings is 1. The summed E-state index contributed by atoms with van der Waals surface area (Å²) >= 11 is 6.81. The highest BCUT2D eigenvalue weighted by Crippen LogP contribution is 2.41. The number of nitrogens with one attached hydrogen (secondary N) is 1. The summed E-state index contributed by atoms with van der Waals surface area (Å²) in [5.41, 5.74) is 2.52. The van der Waals surface area contributed by atoms with Crippen LogP contribution in [0.5, 0.6) is 0 Å². The van der Waals surface area contributed by atoms with Gasteiger partial charge in [-0.05, 0) is 28.3 Å². The summed E-state index contributed by atoms with van der Waals surface area (Å²) in [6, 6.07) is 28.9. The minimum Gasteiger partial charge on any atom is -0.344 e. The van der Waals surface area contributed by atoms with Gasteiger partial charge in [-0.1, -0.05) is 96.2 Å². The zero-order valence-electron chi connectivity index (χ0n) is 16.3. The Hall–Kier alpha value is -3.35. The van der Waals surface area contributed by atoms with Crippen LogP contribution in [-0.4, -0.2) is 10.2 Å². The second-order valence-electron chi connectivity index (χ2n) is 6.86. The first kappa shape index (κ1) is 20.9. The Bertz CT molecular complexity index is 1070. The molecule has 1 N–H and O–H groups in total. The van der Waals surface area contributed by atoms with Crippen molar-refractivity contribution in [3.05, 3.63) is 124 Å². The van der Waals surface area contributed by atoms with Gasteiger partial charge in [-0.15, -0.1) is 16.2 Å². The number of hydrogen-bond donors (Lipinski definition) is 1. The topological polar surface area (TPSA) is 71.4 Å². The van der Waals surface area contributed by atoms with Crippen LogP contribution in [0.2, 0.25) is 0 Å². The van der Waals surface area contributed by atoms with Crippen molar-refractivity contribution in [3.63, 3.8) is 0 Å². The summed E-state index contributed by atoms with van der Waals surface area (Å²) in [7, 11) is 0. The highest BCUT2D eigenvalue weighted by atomic mass is 35.5. The molecule has 1 aromatic heterocycles. The maximum atomic E-state index is 11.6. The van der Waals surface area contributed by atoms with E-state index in [1.807, 2.05) is 54.6 Å². The highest BCUT2D eigenvalue weighted by molar-refractivity contribution is 7.13. The molecule has 1 atom stereocenters. The number of benzene rings is 3. The summed E-state index contributed by atoms with van der Waals surface area (Å²) in [5, 5.41) is 7.73. The molecular weight excluding hydrogens is 430 g/mol. The van der Waals surface area contributed by atoms with E-state index < -0.39 is 16.8 Å². The monoisotopic (exact) mass is 447 g/mol. The summed E-state index contributed by atoms with van der Waals surface area (Å²) in [4.78, 5) is 27.1. The van der Waals surface area contributed by atoms with E-state index in [9.17, 15) is 9.70 Å². The fourth-order valence-electron chi connectivity index (χ4n) is 3.62. The molecule has 0 bridgehead atoms. The summed E-state index contributed by atoms with van der Waals surface area (Å²) < 4.78 is 0. The Labute approximate surface area is 188 Å². The third-order valence-electron chi connectivity index (χ3n) is 5.04. The number of aromatic nitrogens is 1. The zero-order valence-corrected chi connectivity index (χ0v) is 17.9. The molecule has 0 aliphatic heterocycles. The molecule has 154 valence electrons. The summed E-state index contributed by atoms with van der Waals surface area (Å²) in [6.07, 6.45) is 0. The molecule has 0 radical (unpaired) electrons. The third-order valence-corrected chi connectivity index (χ3v) is 6.02. The molecule has 0 saturated heterocycles. The lowest BCUT2D eigenvalue weighted by atomic mass is 9.77. The number of nitrogens with zero attached hydrogens (tertiary/aromatic N) is 2. The van der Waals surface area contributed by atoms with Crippen molar-refractivity contribution in [1.29, 1.82) is 0 Å².